The molecule has 2 aromatic carbocycles. The van der Waals surface area contributed by atoms with Crippen molar-refractivity contribution in [1.82, 2.24) is 10.2 Å². The summed E-state index contributed by atoms with van der Waals surface area (Å²) in [6, 6.07) is 9.38. The van der Waals surface area contributed by atoms with Crippen LogP contribution in [-0.4, -0.2) is 42.5 Å². The van der Waals surface area contributed by atoms with Crippen LogP contribution in [0.15, 0.2) is 42.5 Å². The van der Waals surface area contributed by atoms with Gasteiger partial charge in [0.1, 0.15) is 5.75 Å². The zero-order valence-corrected chi connectivity index (χ0v) is 16.2. The fraction of sp³-hybridized carbons (Fsp3) is 0.333. The van der Waals surface area contributed by atoms with Gasteiger partial charge < -0.3 is 15.2 Å². The molecule has 1 heterocycles. The van der Waals surface area contributed by atoms with Crippen molar-refractivity contribution in [3.63, 3.8) is 0 Å². The molecule has 1 saturated heterocycles. The Morgan fingerprint density at radius 2 is 1.54 bits per heavy atom. The number of aromatic hydroxyl groups is 1. The summed E-state index contributed by atoms with van der Waals surface area (Å²) in [6.45, 7) is 2.92. The average Bonchev–Trinajstić information content (AvgIpc) is 2.59. The summed E-state index contributed by atoms with van der Waals surface area (Å²) >= 11 is 0. The van der Waals surface area contributed by atoms with Crippen LogP contribution >= 0.6 is 24.8 Å². The monoisotopic (exact) mass is 442 g/mol. The van der Waals surface area contributed by atoms with Crippen molar-refractivity contribution in [2.24, 2.45) is 0 Å². The number of hydrogen-bond acceptors (Lipinski definition) is 4. The van der Waals surface area contributed by atoms with Crippen LogP contribution in [0, 0.1) is 5.82 Å². The number of ether oxygens (including phenoxy) is 1. The van der Waals surface area contributed by atoms with E-state index in [2.05, 4.69) is 15.0 Å². The van der Waals surface area contributed by atoms with Crippen LogP contribution in [0.1, 0.15) is 17.2 Å². The van der Waals surface area contributed by atoms with Crippen LogP contribution in [0.2, 0.25) is 0 Å². The highest BCUT2D eigenvalue weighted by Crippen LogP contribution is 2.33. The fourth-order valence-corrected chi connectivity index (χ4v) is 3.10. The maximum atomic E-state index is 13.8. The Bertz CT molecular complexity index is 754. The summed E-state index contributed by atoms with van der Waals surface area (Å²) in [5.41, 5.74) is 1.33. The van der Waals surface area contributed by atoms with Gasteiger partial charge in [-0.15, -0.1) is 38.0 Å². The molecule has 0 radical (unpaired) electrons. The van der Waals surface area contributed by atoms with Crippen molar-refractivity contribution in [3.05, 3.63) is 59.4 Å². The van der Waals surface area contributed by atoms with Crippen LogP contribution < -0.4 is 10.1 Å². The second kappa shape index (κ2) is 10.2. The van der Waals surface area contributed by atoms with Crippen molar-refractivity contribution in [1.29, 1.82) is 0 Å². The summed E-state index contributed by atoms with van der Waals surface area (Å²) in [6.07, 6.45) is -4.75. The Hall–Kier alpha value is -1.74. The molecule has 0 aliphatic carbocycles. The summed E-state index contributed by atoms with van der Waals surface area (Å²) in [7, 11) is 0. The molecule has 1 atom stereocenters. The third-order valence-electron chi connectivity index (χ3n) is 4.23. The van der Waals surface area contributed by atoms with Gasteiger partial charge in [0.15, 0.2) is 11.6 Å². The number of hydrogen-bond donors (Lipinski definition) is 2. The van der Waals surface area contributed by atoms with E-state index in [1.807, 2.05) is 0 Å². The number of nitrogens with zero attached hydrogens (tertiary/aromatic N) is 1. The van der Waals surface area contributed by atoms with Gasteiger partial charge >= 0.3 is 6.36 Å². The van der Waals surface area contributed by atoms with Crippen molar-refractivity contribution in [3.8, 4) is 11.5 Å². The maximum absolute atomic E-state index is 13.8. The van der Waals surface area contributed by atoms with Gasteiger partial charge in [0.2, 0.25) is 0 Å². The summed E-state index contributed by atoms with van der Waals surface area (Å²) in [4.78, 5) is 2.11. The Morgan fingerprint density at radius 3 is 2.07 bits per heavy atom. The van der Waals surface area contributed by atoms with Crippen LogP contribution in [0.25, 0.3) is 0 Å². The fourth-order valence-electron chi connectivity index (χ4n) is 3.10. The van der Waals surface area contributed by atoms with Gasteiger partial charge in [-0.2, -0.15) is 0 Å². The van der Waals surface area contributed by atoms with E-state index in [9.17, 15) is 22.7 Å². The smallest absolute Gasteiger partial charge is 0.505 e. The summed E-state index contributed by atoms with van der Waals surface area (Å²) in [5.74, 6) is -1.49. The highest BCUT2D eigenvalue weighted by molar-refractivity contribution is 5.85. The first-order valence-electron chi connectivity index (χ1n) is 8.12. The molecule has 0 spiro atoms. The van der Waals surface area contributed by atoms with Gasteiger partial charge in [-0.3, -0.25) is 4.90 Å². The highest BCUT2D eigenvalue weighted by Gasteiger charge is 2.31. The van der Waals surface area contributed by atoms with Gasteiger partial charge in [0.05, 0.1) is 6.04 Å². The Balaban J connectivity index is 0.00000196. The van der Waals surface area contributed by atoms with Gasteiger partial charge in [0.25, 0.3) is 0 Å². The van der Waals surface area contributed by atoms with E-state index in [1.165, 1.54) is 24.3 Å². The third-order valence-corrected chi connectivity index (χ3v) is 4.23. The molecule has 0 bridgehead atoms. The second-order valence-corrected chi connectivity index (χ2v) is 6.02. The third kappa shape index (κ3) is 6.13. The van der Waals surface area contributed by atoms with Crippen LogP contribution in [0.3, 0.4) is 0 Å². The molecule has 0 amide bonds. The number of nitrogens with one attached hydrogen (secondary N) is 1. The first kappa shape index (κ1) is 24.3. The predicted octanol–water partition coefficient (Wildman–Crippen LogP) is 4.27. The Kier molecular flexibility index (Phi) is 8.81. The van der Waals surface area contributed by atoms with E-state index in [0.717, 1.165) is 13.1 Å². The largest absolute Gasteiger partial charge is 0.573 e. The Labute approximate surface area is 172 Å². The molecule has 156 valence electrons. The number of alkyl halides is 3. The van der Waals surface area contributed by atoms with E-state index in [-0.39, 0.29) is 36.6 Å². The standard InChI is InChI=1S/C18H18F4N2O2.2ClH/c19-15-11-13(3-6-16(15)25)17(24-9-7-23-8-10-24)12-1-4-14(5-2-12)26-18(20,21)22;;/h1-6,11,17,23,25H,7-10H2;2*1H/t17-;;/m1../s1. The maximum Gasteiger partial charge on any atom is 0.573 e. The van der Waals surface area contributed by atoms with Crippen molar-refractivity contribution in [2.75, 3.05) is 26.2 Å². The topological polar surface area (TPSA) is 44.7 Å². The lowest BCUT2D eigenvalue weighted by atomic mass is 9.96. The molecule has 3 rings (SSSR count). The summed E-state index contributed by atoms with van der Waals surface area (Å²) in [5, 5.41) is 12.7. The van der Waals surface area contributed by atoms with Crippen LogP contribution in [0.5, 0.6) is 11.5 Å². The molecule has 0 saturated carbocycles. The number of phenolic OH excluding ortho intramolecular Hbond substituents is 1. The second-order valence-electron chi connectivity index (χ2n) is 6.02. The highest BCUT2D eigenvalue weighted by atomic mass is 35.5. The van der Waals surface area contributed by atoms with Crippen molar-refractivity contribution < 1.29 is 27.4 Å². The lowest BCUT2D eigenvalue weighted by Gasteiger charge is -2.35. The minimum atomic E-state index is -4.75. The molecule has 1 aliphatic rings. The van der Waals surface area contributed by atoms with Crippen molar-refractivity contribution >= 4 is 24.8 Å². The van der Waals surface area contributed by atoms with Gasteiger partial charge in [-0.25, -0.2) is 4.39 Å². The van der Waals surface area contributed by atoms with E-state index in [4.69, 9.17) is 0 Å². The quantitative estimate of drug-likeness (QED) is 0.694. The van der Waals surface area contributed by atoms with Gasteiger partial charge in [-0.1, -0.05) is 18.2 Å². The molecule has 2 aromatic rings. The molecule has 2 N–H and O–H groups in total. The van der Waals surface area contributed by atoms with E-state index < -0.39 is 17.9 Å². The zero-order chi connectivity index (χ0) is 18.7. The van der Waals surface area contributed by atoms with Gasteiger partial charge in [0, 0.05) is 26.2 Å². The minimum absolute atomic E-state index is 0. The van der Waals surface area contributed by atoms with Crippen molar-refractivity contribution in [2.45, 2.75) is 12.4 Å². The first-order chi connectivity index (χ1) is 12.3. The number of benzene rings is 2. The molecular weight excluding hydrogens is 423 g/mol. The molecule has 0 aromatic heterocycles. The molecule has 1 fully saturated rings. The first-order valence-corrected chi connectivity index (χ1v) is 8.12. The zero-order valence-electron chi connectivity index (χ0n) is 14.6. The number of phenols is 1. The van der Waals surface area contributed by atoms with E-state index in [0.29, 0.717) is 24.2 Å². The van der Waals surface area contributed by atoms with Crippen LogP contribution in [0.4, 0.5) is 17.6 Å². The lowest BCUT2D eigenvalue weighted by Crippen LogP contribution is -2.45. The normalized spacial score (nSPS) is 15.9. The number of halogens is 6. The lowest BCUT2D eigenvalue weighted by molar-refractivity contribution is -0.274. The van der Waals surface area contributed by atoms with Crippen LogP contribution in [-0.2, 0) is 0 Å². The SMILES string of the molecule is Cl.Cl.Oc1ccc([C@@H](c2ccc(OC(F)(F)F)cc2)N2CCNCC2)cc1F. The number of rotatable bonds is 4. The molecule has 1 aliphatic heterocycles. The Morgan fingerprint density at radius 1 is 0.964 bits per heavy atom. The molecule has 10 heteroatoms. The molecule has 4 nitrogen and oxygen atoms in total. The van der Waals surface area contributed by atoms with E-state index >= 15 is 0 Å². The predicted molar refractivity (Wildman–Crippen MR) is 102 cm³/mol. The average molecular weight is 443 g/mol. The molecule has 0 unspecified atom stereocenters. The molecular formula is C18H20Cl2F4N2O2. The molecule has 28 heavy (non-hydrogen) atoms. The minimum Gasteiger partial charge on any atom is -0.505 e. The van der Waals surface area contributed by atoms with E-state index in [1.54, 1.807) is 18.2 Å². The summed E-state index contributed by atoms with van der Waals surface area (Å²) < 4.78 is 54.8. The van der Waals surface area contributed by atoms with Gasteiger partial charge in [-0.05, 0) is 35.4 Å². The number of piperazine rings is 1.